The van der Waals surface area contributed by atoms with Gasteiger partial charge in [-0.3, -0.25) is 4.79 Å². The minimum Gasteiger partial charge on any atom is -0.454 e. The third kappa shape index (κ3) is 4.44. The highest BCUT2D eigenvalue weighted by atomic mass is 79.9. The smallest absolute Gasteiger partial charge is 0.252 e. The van der Waals surface area contributed by atoms with Gasteiger partial charge in [0.15, 0.2) is 11.5 Å². The molecule has 5 rings (SSSR count). The van der Waals surface area contributed by atoms with E-state index in [9.17, 15) is 4.79 Å². The number of halogens is 1. The van der Waals surface area contributed by atoms with Crippen LogP contribution in [-0.4, -0.2) is 17.7 Å². The van der Waals surface area contributed by atoms with E-state index in [4.69, 9.17) is 14.5 Å². The standard InChI is InChI=1S/C27H23BrN2O3/c1-16(2)18-4-6-19(7-5-18)24-13-22(21-12-20(28)8-9-23(21)30-24)27(31)29-14-17-3-10-25-26(11-17)33-15-32-25/h3-13,16H,14-15H2,1-2H3,(H,29,31). The molecule has 166 valence electrons. The quantitative estimate of drug-likeness (QED) is 0.340. The lowest BCUT2D eigenvalue weighted by atomic mass is 9.99. The number of benzene rings is 3. The number of amides is 1. The highest BCUT2D eigenvalue weighted by molar-refractivity contribution is 9.10. The summed E-state index contributed by atoms with van der Waals surface area (Å²) in [6.07, 6.45) is 0. The molecule has 1 aliphatic rings. The van der Waals surface area contributed by atoms with Crippen LogP contribution in [0.3, 0.4) is 0 Å². The van der Waals surface area contributed by atoms with E-state index < -0.39 is 0 Å². The molecule has 3 aromatic carbocycles. The van der Waals surface area contributed by atoms with Crippen LogP contribution < -0.4 is 14.8 Å². The summed E-state index contributed by atoms with van der Waals surface area (Å²) in [6.45, 7) is 4.95. The molecule has 1 aromatic heterocycles. The minimum absolute atomic E-state index is 0.154. The molecule has 0 saturated heterocycles. The largest absolute Gasteiger partial charge is 0.454 e. The van der Waals surface area contributed by atoms with Crippen LogP contribution in [0.15, 0.2) is 71.2 Å². The number of carbonyl (C=O) groups is 1. The third-order valence-corrected chi connectivity index (χ3v) is 6.27. The molecule has 0 radical (unpaired) electrons. The molecule has 0 spiro atoms. The molecule has 5 nitrogen and oxygen atoms in total. The molecule has 1 aliphatic heterocycles. The number of nitrogens with zero attached hydrogens (tertiary/aromatic N) is 1. The number of ether oxygens (including phenoxy) is 2. The number of pyridine rings is 1. The van der Waals surface area contributed by atoms with Crippen LogP contribution in [0, 0.1) is 0 Å². The molecule has 33 heavy (non-hydrogen) atoms. The summed E-state index contributed by atoms with van der Waals surface area (Å²) in [5, 5.41) is 3.84. The van der Waals surface area contributed by atoms with Crippen LogP contribution in [-0.2, 0) is 6.54 Å². The maximum atomic E-state index is 13.3. The Morgan fingerprint density at radius 3 is 2.58 bits per heavy atom. The Labute approximate surface area is 200 Å². The van der Waals surface area contributed by atoms with Gasteiger partial charge in [0.2, 0.25) is 6.79 Å². The molecule has 0 unspecified atom stereocenters. The molecule has 6 heteroatoms. The fourth-order valence-electron chi connectivity index (χ4n) is 3.90. The van der Waals surface area contributed by atoms with Crippen LogP contribution in [0.1, 0.15) is 41.3 Å². The topological polar surface area (TPSA) is 60.5 Å². The summed E-state index contributed by atoms with van der Waals surface area (Å²) >= 11 is 3.52. The average molecular weight is 503 g/mol. The van der Waals surface area contributed by atoms with Crippen molar-refractivity contribution in [3.63, 3.8) is 0 Å². The van der Waals surface area contributed by atoms with Crippen LogP contribution in [0.4, 0.5) is 0 Å². The highest BCUT2D eigenvalue weighted by Gasteiger charge is 2.17. The Kier molecular flexibility index (Phi) is 5.77. The summed E-state index contributed by atoms with van der Waals surface area (Å²) in [5.74, 6) is 1.73. The van der Waals surface area contributed by atoms with Gasteiger partial charge >= 0.3 is 0 Å². The number of carbonyl (C=O) groups excluding carboxylic acids is 1. The summed E-state index contributed by atoms with van der Waals surface area (Å²) in [6, 6.07) is 21.7. The van der Waals surface area contributed by atoms with Crippen molar-refractivity contribution in [3.05, 3.63) is 87.9 Å². The number of fused-ring (bicyclic) bond motifs is 2. The highest BCUT2D eigenvalue weighted by Crippen LogP contribution is 2.33. The van der Waals surface area contributed by atoms with Gasteiger partial charge < -0.3 is 14.8 Å². The Balaban J connectivity index is 1.47. The molecular weight excluding hydrogens is 480 g/mol. The monoisotopic (exact) mass is 502 g/mol. The van der Waals surface area contributed by atoms with Gasteiger partial charge in [0.1, 0.15) is 0 Å². The Hall–Kier alpha value is -3.38. The van der Waals surface area contributed by atoms with Crippen molar-refractivity contribution in [2.24, 2.45) is 0 Å². The first-order chi connectivity index (χ1) is 16.0. The molecule has 0 fully saturated rings. The van der Waals surface area contributed by atoms with Crippen molar-refractivity contribution < 1.29 is 14.3 Å². The van der Waals surface area contributed by atoms with Crippen molar-refractivity contribution in [1.29, 1.82) is 0 Å². The van der Waals surface area contributed by atoms with Gasteiger partial charge in [-0.2, -0.15) is 0 Å². The maximum Gasteiger partial charge on any atom is 0.252 e. The van der Waals surface area contributed by atoms with Gasteiger partial charge in [0, 0.05) is 22.0 Å². The Bertz CT molecular complexity index is 1350. The zero-order valence-corrected chi connectivity index (χ0v) is 20.0. The Morgan fingerprint density at radius 2 is 1.79 bits per heavy atom. The van der Waals surface area contributed by atoms with Crippen molar-refractivity contribution in [2.45, 2.75) is 26.3 Å². The van der Waals surface area contributed by atoms with Crippen LogP contribution in [0.5, 0.6) is 11.5 Å². The molecule has 0 bridgehead atoms. The van der Waals surface area contributed by atoms with Crippen LogP contribution >= 0.6 is 15.9 Å². The van der Waals surface area contributed by atoms with Crippen LogP contribution in [0.2, 0.25) is 0 Å². The predicted octanol–water partition coefficient (Wildman–Crippen LogP) is 6.45. The molecule has 0 aliphatic carbocycles. The van der Waals surface area contributed by atoms with E-state index in [-0.39, 0.29) is 12.7 Å². The number of rotatable bonds is 5. The fraction of sp³-hybridized carbons (Fsp3) is 0.185. The lowest BCUT2D eigenvalue weighted by molar-refractivity contribution is 0.0952. The second kappa shape index (κ2) is 8.87. The van der Waals surface area contributed by atoms with Crippen molar-refractivity contribution in [2.75, 3.05) is 6.79 Å². The van der Waals surface area contributed by atoms with Gasteiger partial charge in [-0.15, -0.1) is 0 Å². The number of aromatic nitrogens is 1. The zero-order chi connectivity index (χ0) is 22.9. The van der Waals surface area contributed by atoms with Crippen molar-refractivity contribution >= 4 is 32.7 Å². The molecular formula is C27H23BrN2O3. The molecule has 4 aromatic rings. The number of hydrogen-bond acceptors (Lipinski definition) is 4. The van der Waals surface area contributed by atoms with Gasteiger partial charge in [0.05, 0.1) is 16.8 Å². The second-order valence-corrected chi connectivity index (χ2v) is 9.28. The number of hydrogen-bond donors (Lipinski definition) is 1. The van der Waals surface area contributed by atoms with Crippen LogP contribution in [0.25, 0.3) is 22.2 Å². The minimum atomic E-state index is -0.154. The van der Waals surface area contributed by atoms with E-state index in [2.05, 4.69) is 59.4 Å². The van der Waals surface area contributed by atoms with Gasteiger partial charge in [-0.1, -0.05) is 60.1 Å². The Morgan fingerprint density at radius 1 is 1.00 bits per heavy atom. The first kappa shape index (κ1) is 21.5. The third-order valence-electron chi connectivity index (χ3n) is 5.78. The van der Waals surface area contributed by atoms with Gasteiger partial charge in [-0.05, 0) is 53.4 Å². The maximum absolute atomic E-state index is 13.3. The van der Waals surface area contributed by atoms with E-state index >= 15 is 0 Å². The first-order valence-corrected chi connectivity index (χ1v) is 11.6. The van der Waals surface area contributed by atoms with E-state index in [1.54, 1.807) is 0 Å². The van der Waals surface area contributed by atoms with E-state index in [1.165, 1.54) is 5.56 Å². The van der Waals surface area contributed by atoms with E-state index in [0.29, 0.717) is 23.8 Å². The first-order valence-electron chi connectivity index (χ1n) is 10.9. The lowest BCUT2D eigenvalue weighted by Crippen LogP contribution is -2.23. The SMILES string of the molecule is CC(C)c1ccc(-c2cc(C(=O)NCc3ccc4c(c3)OCO4)c3cc(Br)ccc3n2)cc1. The van der Waals surface area contributed by atoms with Gasteiger partial charge in [-0.25, -0.2) is 4.98 Å². The molecule has 1 N–H and O–H groups in total. The normalized spacial score (nSPS) is 12.4. The van der Waals surface area contributed by atoms with E-state index in [1.807, 2.05) is 42.5 Å². The van der Waals surface area contributed by atoms with Crippen molar-refractivity contribution in [3.8, 4) is 22.8 Å². The molecule has 0 saturated carbocycles. The molecule has 1 amide bonds. The molecule has 2 heterocycles. The van der Waals surface area contributed by atoms with E-state index in [0.717, 1.165) is 37.9 Å². The lowest BCUT2D eigenvalue weighted by Gasteiger charge is -2.12. The fourth-order valence-corrected chi connectivity index (χ4v) is 4.26. The summed E-state index contributed by atoms with van der Waals surface area (Å²) < 4.78 is 11.7. The molecule has 0 atom stereocenters. The summed E-state index contributed by atoms with van der Waals surface area (Å²) in [4.78, 5) is 18.1. The van der Waals surface area contributed by atoms with Crippen molar-refractivity contribution in [1.82, 2.24) is 10.3 Å². The predicted molar refractivity (Wildman–Crippen MR) is 133 cm³/mol. The average Bonchev–Trinajstić information content (AvgIpc) is 3.30. The summed E-state index contributed by atoms with van der Waals surface area (Å²) in [7, 11) is 0. The summed E-state index contributed by atoms with van der Waals surface area (Å²) in [5.41, 5.74) is 5.33. The van der Waals surface area contributed by atoms with Gasteiger partial charge in [0.25, 0.3) is 5.91 Å². The number of nitrogens with one attached hydrogen (secondary N) is 1. The zero-order valence-electron chi connectivity index (χ0n) is 18.4. The second-order valence-electron chi connectivity index (χ2n) is 8.36.